The molecule has 0 aromatic carbocycles. The Morgan fingerprint density at radius 3 is 2.61 bits per heavy atom. The monoisotopic (exact) mass is 270 g/mol. The highest BCUT2D eigenvalue weighted by molar-refractivity contribution is 8.00. The van der Waals surface area contributed by atoms with E-state index in [4.69, 9.17) is 0 Å². The molecule has 0 spiro atoms. The molecule has 1 N–H and O–H groups in total. The van der Waals surface area contributed by atoms with Crippen LogP contribution < -0.4 is 5.32 Å². The fraction of sp³-hybridized carbons (Fsp3) is 0.923. The maximum atomic E-state index is 4.59. The van der Waals surface area contributed by atoms with E-state index in [1.165, 1.54) is 32.4 Å². The molecule has 2 rings (SSSR count). The molecule has 2 heterocycles. The van der Waals surface area contributed by atoms with Gasteiger partial charge in [-0.05, 0) is 45.7 Å². The van der Waals surface area contributed by atoms with Crippen LogP contribution in [0.25, 0.3) is 0 Å². The average Bonchev–Trinajstić information content (AvgIpc) is 2.40. The van der Waals surface area contributed by atoms with Gasteiger partial charge in [0.2, 0.25) is 0 Å². The highest BCUT2D eigenvalue weighted by Gasteiger charge is 2.33. The van der Waals surface area contributed by atoms with Crippen LogP contribution in [0.4, 0.5) is 0 Å². The number of thioether (sulfide) groups is 1. The van der Waals surface area contributed by atoms with E-state index in [2.05, 4.69) is 40.5 Å². The van der Waals surface area contributed by atoms with Crippen LogP contribution in [0.2, 0.25) is 0 Å². The summed E-state index contributed by atoms with van der Waals surface area (Å²) in [5.74, 6) is 1.09. The number of piperidine rings is 1. The largest absolute Gasteiger partial charge is 0.355 e. The zero-order valence-corrected chi connectivity index (χ0v) is 12.7. The van der Waals surface area contributed by atoms with Crippen molar-refractivity contribution in [2.45, 2.75) is 24.0 Å². The molecule has 0 aromatic heterocycles. The Balaban J connectivity index is 1.89. The van der Waals surface area contributed by atoms with Gasteiger partial charge in [-0.15, -0.1) is 0 Å². The predicted molar refractivity (Wildman–Crippen MR) is 80.5 cm³/mol. The smallest absolute Gasteiger partial charge is 0.193 e. The summed E-state index contributed by atoms with van der Waals surface area (Å²) in [6.45, 7) is 5.57. The summed E-state index contributed by atoms with van der Waals surface area (Å²) in [4.78, 5) is 9.26. The van der Waals surface area contributed by atoms with E-state index in [9.17, 15) is 0 Å². The summed E-state index contributed by atoms with van der Waals surface area (Å²) in [5.41, 5.74) is 0. The van der Waals surface area contributed by atoms with Crippen LogP contribution in [0.15, 0.2) is 4.99 Å². The van der Waals surface area contributed by atoms with Crippen LogP contribution in [-0.2, 0) is 0 Å². The van der Waals surface area contributed by atoms with Crippen molar-refractivity contribution in [2.24, 2.45) is 4.99 Å². The van der Waals surface area contributed by atoms with Crippen molar-refractivity contribution >= 4 is 17.7 Å². The normalized spacial score (nSPS) is 24.8. The summed E-state index contributed by atoms with van der Waals surface area (Å²) in [6.07, 6.45) is 5.98. The zero-order chi connectivity index (χ0) is 13.0. The van der Waals surface area contributed by atoms with Gasteiger partial charge in [0.15, 0.2) is 5.96 Å². The van der Waals surface area contributed by atoms with E-state index in [1.807, 2.05) is 11.8 Å². The minimum Gasteiger partial charge on any atom is -0.355 e. The fourth-order valence-electron chi connectivity index (χ4n) is 2.63. The lowest BCUT2D eigenvalue weighted by Gasteiger charge is -2.40. The Morgan fingerprint density at radius 2 is 2.00 bits per heavy atom. The Morgan fingerprint density at radius 1 is 1.28 bits per heavy atom. The number of likely N-dealkylation sites (tertiary alicyclic amines) is 1. The summed E-state index contributed by atoms with van der Waals surface area (Å²) in [5, 5.41) is 3.58. The van der Waals surface area contributed by atoms with Gasteiger partial charge in [0.1, 0.15) is 0 Å². The number of nitrogens with one attached hydrogen (secondary N) is 1. The highest BCUT2D eigenvalue weighted by atomic mass is 32.2. The van der Waals surface area contributed by atoms with Crippen molar-refractivity contribution in [2.75, 3.05) is 53.1 Å². The summed E-state index contributed by atoms with van der Waals surface area (Å²) >= 11 is 2.02. The molecule has 18 heavy (non-hydrogen) atoms. The lowest BCUT2D eigenvalue weighted by Crippen LogP contribution is -2.51. The molecule has 2 aliphatic heterocycles. The number of nitrogens with zero attached hydrogens (tertiary/aromatic N) is 3. The standard InChI is InChI=1S/C13H26N4S/c1-16-9-5-13(18-3,6-10-16)11-15-12-14-7-4-8-17(12)2/h4-11H2,1-3H3,(H,14,15). The highest BCUT2D eigenvalue weighted by Crippen LogP contribution is 2.33. The second kappa shape index (κ2) is 6.15. The predicted octanol–water partition coefficient (Wildman–Crippen LogP) is 1.09. The van der Waals surface area contributed by atoms with E-state index in [0.29, 0.717) is 4.75 Å². The molecule has 0 amide bonds. The first kappa shape index (κ1) is 14.0. The van der Waals surface area contributed by atoms with Crippen LogP contribution in [-0.4, -0.2) is 73.6 Å². The molecule has 0 saturated carbocycles. The SMILES string of the molecule is CSC1(CNC2=NCCCN2C)CCN(C)CC1. The Hall–Kier alpha value is -0.420. The zero-order valence-electron chi connectivity index (χ0n) is 11.9. The summed E-state index contributed by atoms with van der Waals surface area (Å²) in [6, 6.07) is 0. The molecule has 5 heteroatoms. The van der Waals surface area contributed by atoms with E-state index >= 15 is 0 Å². The van der Waals surface area contributed by atoms with Gasteiger partial charge < -0.3 is 15.1 Å². The van der Waals surface area contributed by atoms with Gasteiger partial charge >= 0.3 is 0 Å². The quantitative estimate of drug-likeness (QED) is 0.832. The van der Waals surface area contributed by atoms with Gasteiger partial charge in [-0.2, -0.15) is 11.8 Å². The van der Waals surface area contributed by atoms with Crippen molar-refractivity contribution in [1.82, 2.24) is 15.1 Å². The molecule has 104 valence electrons. The van der Waals surface area contributed by atoms with Crippen LogP contribution >= 0.6 is 11.8 Å². The Labute approximate surface area is 115 Å². The lowest BCUT2D eigenvalue weighted by atomic mass is 9.96. The first-order valence-electron chi connectivity index (χ1n) is 6.88. The van der Waals surface area contributed by atoms with E-state index < -0.39 is 0 Å². The number of guanidine groups is 1. The molecule has 0 atom stereocenters. The minimum absolute atomic E-state index is 0.396. The molecule has 1 fully saturated rings. The van der Waals surface area contributed by atoms with Crippen LogP contribution in [0, 0.1) is 0 Å². The van der Waals surface area contributed by atoms with Gasteiger partial charge in [-0.25, -0.2) is 0 Å². The topological polar surface area (TPSA) is 30.9 Å². The molecule has 0 unspecified atom stereocenters. The third kappa shape index (κ3) is 3.32. The molecular formula is C13H26N4S. The molecule has 0 radical (unpaired) electrons. The number of aliphatic imine (C=N–C) groups is 1. The summed E-state index contributed by atoms with van der Waals surface area (Å²) in [7, 11) is 4.35. The van der Waals surface area contributed by atoms with Crippen molar-refractivity contribution in [1.29, 1.82) is 0 Å². The van der Waals surface area contributed by atoms with Gasteiger partial charge in [0, 0.05) is 31.4 Å². The number of hydrogen-bond donors (Lipinski definition) is 1. The number of hydrogen-bond acceptors (Lipinski definition) is 5. The van der Waals surface area contributed by atoms with E-state index in [1.54, 1.807) is 0 Å². The molecular weight excluding hydrogens is 244 g/mol. The van der Waals surface area contributed by atoms with E-state index in [-0.39, 0.29) is 0 Å². The van der Waals surface area contributed by atoms with Gasteiger partial charge in [-0.3, -0.25) is 4.99 Å². The molecule has 4 nitrogen and oxygen atoms in total. The minimum atomic E-state index is 0.396. The third-order valence-corrected chi connectivity index (χ3v) is 5.59. The van der Waals surface area contributed by atoms with Crippen molar-refractivity contribution in [3.63, 3.8) is 0 Å². The third-order valence-electron chi connectivity index (χ3n) is 4.17. The number of rotatable bonds is 3. The van der Waals surface area contributed by atoms with E-state index in [0.717, 1.165) is 25.6 Å². The van der Waals surface area contributed by atoms with Crippen LogP contribution in [0.1, 0.15) is 19.3 Å². The van der Waals surface area contributed by atoms with Gasteiger partial charge in [0.25, 0.3) is 0 Å². The first-order valence-corrected chi connectivity index (χ1v) is 8.11. The van der Waals surface area contributed by atoms with Gasteiger partial charge in [0.05, 0.1) is 0 Å². The Bertz CT molecular complexity index is 297. The molecule has 1 saturated heterocycles. The molecule has 0 bridgehead atoms. The maximum Gasteiger partial charge on any atom is 0.193 e. The molecule has 2 aliphatic rings. The molecule has 0 aliphatic carbocycles. The fourth-order valence-corrected chi connectivity index (χ4v) is 3.44. The van der Waals surface area contributed by atoms with Crippen molar-refractivity contribution in [3.8, 4) is 0 Å². The maximum absolute atomic E-state index is 4.59. The Kier molecular flexibility index (Phi) is 4.78. The second-order valence-electron chi connectivity index (χ2n) is 5.52. The molecule has 0 aromatic rings. The average molecular weight is 270 g/mol. The second-order valence-corrected chi connectivity index (χ2v) is 6.80. The van der Waals surface area contributed by atoms with Gasteiger partial charge in [-0.1, -0.05) is 0 Å². The summed E-state index contributed by atoms with van der Waals surface area (Å²) < 4.78 is 0.396. The van der Waals surface area contributed by atoms with Crippen LogP contribution in [0.5, 0.6) is 0 Å². The first-order chi connectivity index (χ1) is 8.65. The van der Waals surface area contributed by atoms with Crippen molar-refractivity contribution < 1.29 is 0 Å². The van der Waals surface area contributed by atoms with Crippen LogP contribution in [0.3, 0.4) is 0 Å². The lowest BCUT2D eigenvalue weighted by molar-refractivity contribution is 0.238. The van der Waals surface area contributed by atoms with Crippen molar-refractivity contribution in [3.05, 3.63) is 0 Å².